The van der Waals surface area contributed by atoms with Crippen LogP contribution in [0.4, 0.5) is 22.9 Å². The highest BCUT2D eigenvalue weighted by atomic mass is 16.5. The molecule has 0 fully saturated rings. The van der Waals surface area contributed by atoms with Gasteiger partial charge in [-0.3, -0.25) is 4.79 Å². The smallest absolute Gasteiger partial charge is 0.257 e. The van der Waals surface area contributed by atoms with Gasteiger partial charge < -0.3 is 20.3 Å². The van der Waals surface area contributed by atoms with Gasteiger partial charge in [-0.15, -0.1) is 5.10 Å². The van der Waals surface area contributed by atoms with Crippen molar-refractivity contribution in [3.63, 3.8) is 0 Å². The molecular formula is C20H22N6O2. The molecule has 0 aliphatic carbocycles. The van der Waals surface area contributed by atoms with Crippen molar-refractivity contribution in [2.24, 2.45) is 0 Å². The van der Waals surface area contributed by atoms with Gasteiger partial charge in [0.05, 0.1) is 24.1 Å². The van der Waals surface area contributed by atoms with E-state index in [9.17, 15) is 4.79 Å². The van der Waals surface area contributed by atoms with E-state index >= 15 is 0 Å². The Bertz CT molecular complexity index is 926. The van der Waals surface area contributed by atoms with Crippen molar-refractivity contribution in [2.45, 2.75) is 6.92 Å². The number of carbonyl (C=O) groups is 1. The zero-order chi connectivity index (χ0) is 19.9. The van der Waals surface area contributed by atoms with Crippen molar-refractivity contribution in [3.8, 4) is 5.88 Å². The maximum atomic E-state index is 12.3. The van der Waals surface area contributed by atoms with Gasteiger partial charge in [0.25, 0.3) is 5.91 Å². The minimum atomic E-state index is -0.235. The normalized spacial score (nSPS) is 10.2. The predicted octanol–water partition coefficient (Wildman–Crippen LogP) is 3.33. The summed E-state index contributed by atoms with van der Waals surface area (Å²) < 4.78 is 5.28. The van der Waals surface area contributed by atoms with Crippen LogP contribution in [0.5, 0.6) is 5.88 Å². The van der Waals surface area contributed by atoms with Crippen molar-refractivity contribution in [3.05, 3.63) is 60.4 Å². The third-order valence-electron chi connectivity index (χ3n) is 3.86. The maximum absolute atomic E-state index is 12.3. The third-order valence-corrected chi connectivity index (χ3v) is 3.86. The summed E-state index contributed by atoms with van der Waals surface area (Å²) in [4.78, 5) is 18.4. The second-order valence-corrected chi connectivity index (χ2v) is 6.17. The lowest BCUT2D eigenvalue weighted by Gasteiger charge is -2.13. The van der Waals surface area contributed by atoms with E-state index in [1.165, 1.54) is 6.20 Å². The van der Waals surface area contributed by atoms with Crippen LogP contribution in [-0.4, -0.2) is 41.8 Å². The SMILES string of the molecule is CCOc1ccc(C(=O)Nc2ccc(Nc3cc(N(C)C)cnn3)cc2)cn1. The number of amides is 1. The fourth-order valence-corrected chi connectivity index (χ4v) is 2.40. The van der Waals surface area contributed by atoms with Gasteiger partial charge in [-0.2, -0.15) is 5.10 Å². The average Bonchev–Trinajstić information content (AvgIpc) is 2.70. The van der Waals surface area contributed by atoms with Gasteiger partial charge in [0, 0.05) is 43.8 Å². The molecule has 8 nitrogen and oxygen atoms in total. The molecule has 0 saturated heterocycles. The van der Waals surface area contributed by atoms with Crippen LogP contribution in [0.3, 0.4) is 0 Å². The number of nitrogens with one attached hydrogen (secondary N) is 2. The Morgan fingerprint density at radius 1 is 1.07 bits per heavy atom. The quantitative estimate of drug-likeness (QED) is 0.651. The Balaban J connectivity index is 1.62. The minimum Gasteiger partial charge on any atom is -0.478 e. The van der Waals surface area contributed by atoms with Crippen molar-refractivity contribution < 1.29 is 9.53 Å². The van der Waals surface area contributed by atoms with Crippen LogP contribution in [0.1, 0.15) is 17.3 Å². The van der Waals surface area contributed by atoms with E-state index in [0.717, 1.165) is 11.4 Å². The molecule has 1 amide bonds. The van der Waals surface area contributed by atoms with Gasteiger partial charge in [-0.05, 0) is 37.3 Å². The molecule has 2 heterocycles. The standard InChI is InChI=1S/C20H22N6O2/c1-4-28-19-10-5-14(12-21-19)20(27)24-16-8-6-15(7-9-16)23-18-11-17(26(2)3)13-22-25-18/h5-13H,4H2,1-3H3,(H,23,25)(H,24,27). The molecule has 1 aromatic carbocycles. The van der Waals surface area contributed by atoms with Crippen LogP contribution in [0.2, 0.25) is 0 Å². The highest BCUT2D eigenvalue weighted by molar-refractivity contribution is 6.04. The highest BCUT2D eigenvalue weighted by Crippen LogP contribution is 2.20. The molecule has 144 valence electrons. The number of pyridine rings is 1. The molecule has 2 N–H and O–H groups in total. The monoisotopic (exact) mass is 378 g/mol. The van der Waals surface area contributed by atoms with Crippen molar-refractivity contribution in [2.75, 3.05) is 36.2 Å². The third kappa shape index (κ3) is 4.94. The van der Waals surface area contributed by atoms with Gasteiger partial charge in [0.15, 0.2) is 5.82 Å². The summed E-state index contributed by atoms with van der Waals surface area (Å²) in [5, 5.41) is 14.1. The number of benzene rings is 1. The summed E-state index contributed by atoms with van der Waals surface area (Å²) in [5.41, 5.74) is 2.93. The Labute approximate surface area is 163 Å². The molecule has 0 aliphatic rings. The van der Waals surface area contributed by atoms with Gasteiger partial charge in [0.2, 0.25) is 5.88 Å². The first-order chi connectivity index (χ1) is 13.5. The highest BCUT2D eigenvalue weighted by Gasteiger charge is 2.08. The van der Waals surface area contributed by atoms with Crippen LogP contribution >= 0.6 is 0 Å². The lowest BCUT2D eigenvalue weighted by molar-refractivity contribution is 0.102. The van der Waals surface area contributed by atoms with E-state index < -0.39 is 0 Å². The molecule has 0 radical (unpaired) electrons. The van der Waals surface area contributed by atoms with Crippen molar-refractivity contribution in [1.29, 1.82) is 0 Å². The van der Waals surface area contributed by atoms with Crippen molar-refractivity contribution in [1.82, 2.24) is 15.2 Å². The second kappa shape index (κ2) is 8.81. The Morgan fingerprint density at radius 3 is 2.46 bits per heavy atom. The van der Waals surface area contributed by atoms with Crippen LogP contribution in [0, 0.1) is 0 Å². The number of aromatic nitrogens is 3. The molecule has 3 aromatic rings. The molecule has 8 heteroatoms. The first-order valence-corrected chi connectivity index (χ1v) is 8.82. The molecule has 0 spiro atoms. The van der Waals surface area contributed by atoms with E-state index in [2.05, 4.69) is 25.8 Å². The van der Waals surface area contributed by atoms with E-state index in [1.54, 1.807) is 18.3 Å². The minimum absolute atomic E-state index is 0.235. The van der Waals surface area contributed by atoms with E-state index in [1.807, 2.05) is 56.3 Å². The summed E-state index contributed by atoms with van der Waals surface area (Å²) >= 11 is 0. The summed E-state index contributed by atoms with van der Waals surface area (Å²) in [7, 11) is 3.89. The molecule has 0 atom stereocenters. The van der Waals surface area contributed by atoms with E-state index in [0.29, 0.717) is 29.6 Å². The summed E-state index contributed by atoms with van der Waals surface area (Å²) in [6.45, 7) is 2.41. The number of ether oxygens (including phenoxy) is 1. The number of carbonyl (C=O) groups excluding carboxylic acids is 1. The van der Waals surface area contributed by atoms with E-state index in [-0.39, 0.29) is 5.91 Å². The Hall–Kier alpha value is -3.68. The number of hydrogen-bond donors (Lipinski definition) is 2. The zero-order valence-corrected chi connectivity index (χ0v) is 16.0. The second-order valence-electron chi connectivity index (χ2n) is 6.17. The van der Waals surface area contributed by atoms with Crippen molar-refractivity contribution >= 4 is 28.8 Å². The molecule has 0 unspecified atom stereocenters. The lowest BCUT2D eigenvalue weighted by atomic mass is 10.2. The topological polar surface area (TPSA) is 92.3 Å². The molecule has 0 aliphatic heterocycles. The van der Waals surface area contributed by atoms with Crippen LogP contribution in [-0.2, 0) is 0 Å². The molecule has 28 heavy (non-hydrogen) atoms. The maximum Gasteiger partial charge on any atom is 0.257 e. The van der Waals surface area contributed by atoms with Gasteiger partial charge in [-0.25, -0.2) is 4.98 Å². The van der Waals surface area contributed by atoms with Crippen LogP contribution < -0.4 is 20.3 Å². The zero-order valence-electron chi connectivity index (χ0n) is 16.0. The summed E-state index contributed by atoms with van der Waals surface area (Å²) in [5.74, 6) is 0.903. The van der Waals surface area contributed by atoms with E-state index in [4.69, 9.17) is 4.74 Å². The van der Waals surface area contributed by atoms with Gasteiger partial charge >= 0.3 is 0 Å². The first kappa shape index (κ1) is 19.1. The molecular weight excluding hydrogens is 356 g/mol. The molecule has 2 aromatic heterocycles. The predicted molar refractivity (Wildman–Crippen MR) is 109 cm³/mol. The van der Waals surface area contributed by atoms with Gasteiger partial charge in [0.1, 0.15) is 0 Å². The molecule has 3 rings (SSSR count). The fourth-order valence-electron chi connectivity index (χ4n) is 2.40. The Morgan fingerprint density at radius 2 is 1.82 bits per heavy atom. The average molecular weight is 378 g/mol. The number of rotatable bonds is 7. The number of anilines is 4. The largest absolute Gasteiger partial charge is 0.478 e. The molecule has 0 bridgehead atoms. The lowest BCUT2D eigenvalue weighted by Crippen LogP contribution is -2.12. The number of nitrogens with zero attached hydrogens (tertiary/aromatic N) is 4. The van der Waals surface area contributed by atoms with Crippen LogP contribution in [0.25, 0.3) is 0 Å². The molecule has 0 saturated carbocycles. The summed E-state index contributed by atoms with van der Waals surface area (Å²) in [6, 6.07) is 12.6. The number of hydrogen-bond acceptors (Lipinski definition) is 7. The van der Waals surface area contributed by atoms with Gasteiger partial charge in [-0.1, -0.05) is 0 Å². The fraction of sp³-hybridized carbons (Fsp3) is 0.200. The first-order valence-electron chi connectivity index (χ1n) is 8.82. The Kier molecular flexibility index (Phi) is 6.01. The van der Waals surface area contributed by atoms with Crippen LogP contribution in [0.15, 0.2) is 54.9 Å². The summed E-state index contributed by atoms with van der Waals surface area (Å²) in [6.07, 6.45) is 3.19.